The summed E-state index contributed by atoms with van der Waals surface area (Å²) in [6, 6.07) is 8.40. The summed E-state index contributed by atoms with van der Waals surface area (Å²) >= 11 is 6.09. The summed E-state index contributed by atoms with van der Waals surface area (Å²) in [6.45, 7) is 6.65. The van der Waals surface area contributed by atoms with E-state index in [1.54, 1.807) is 0 Å². The Kier molecular flexibility index (Phi) is 11.0. The number of aliphatic imine (C=N–C) groups is 1. The highest BCUT2D eigenvalue weighted by molar-refractivity contribution is 14.0. The van der Waals surface area contributed by atoms with Gasteiger partial charge in [0.1, 0.15) is 0 Å². The molecule has 1 aromatic rings. The van der Waals surface area contributed by atoms with E-state index in [1.807, 2.05) is 19.2 Å². The molecule has 0 bridgehead atoms. The van der Waals surface area contributed by atoms with Gasteiger partial charge in [0.25, 0.3) is 0 Å². The highest BCUT2D eigenvalue weighted by Gasteiger charge is 2.24. The molecule has 1 saturated carbocycles. The molecule has 0 spiro atoms. The zero-order valence-corrected chi connectivity index (χ0v) is 20.6. The number of halogens is 2. The molecule has 0 aromatic heterocycles. The van der Waals surface area contributed by atoms with Crippen LogP contribution >= 0.6 is 35.6 Å². The number of guanidine groups is 1. The third-order valence-electron chi connectivity index (χ3n) is 5.39. The second kappa shape index (κ2) is 12.9. The number of nitrogens with zero attached hydrogens (tertiary/aromatic N) is 3. The SMILES string of the molecule is CN=C(NCC(c1ccc(Cl)cc1)N1CCOCC1)N(C)CCOCC1CC1.I. The molecule has 1 aromatic carbocycles. The second-order valence-corrected chi connectivity index (χ2v) is 8.02. The maximum absolute atomic E-state index is 6.09. The number of nitrogens with one attached hydrogen (secondary N) is 1. The van der Waals surface area contributed by atoms with Crippen molar-refractivity contribution in [3.8, 4) is 0 Å². The number of morpholine rings is 1. The molecule has 2 fully saturated rings. The van der Waals surface area contributed by atoms with Crippen LogP contribution < -0.4 is 5.32 Å². The van der Waals surface area contributed by atoms with E-state index in [9.17, 15) is 0 Å². The Bertz CT molecular complexity index is 622. The minimum Gasteiger partial charge on any atom is -0.379 e. The number of ether oxygens (including phenoxy) is 2. The van der Waals surface area contributed by atoms with Crippen LogP contribution in [0.2, 0.25) is 5.02 Å². The predicted molar refractivity (Wildman–Crippen MR) is 130 cm³/mol. The van der Waals surface area contributed by atoms with E-state index in [4.69, 9.17) is 21.1 Å². The number of hydrogen-bond acceptors (Lipinski definition) is 4. The Morgan fingerprint density at radius 2 is 2.00 bits per heavy atom. The Balaban J connectivity index is 0.00000300. The van der Waals surface area contributed by atoms with Gasteiger partial charge in [0.2, 0.25) is 0 Å². The van der Waals surface area contributed by atoms with E-state index in [0.29, 0.717) is 0 Å². The molecular weight excluding hydrogens is 503 g/mol. The third-order valence-corrected chi connectivity index (χ3v) is 5.64. The molecule has 1 N–H and O–H groups in total. The lowest BCUT2D eigenvalue weighted by Crippen LogP contribution is -2.47. The van der Waals surface area contributed by atoms with Crippen molar-refractivity contribution in [2.75, 3.05) is 66.7 Å². The first-order valence-electron chi connectivity index (χ1n) is 10.2. The van der Waals surface area contributed by atoms with E-state index in [2.05, 4.69) is 39.3 Å². The Hall–Kier alpha value is -0.610. The van der Waals surface area contributed by atoms with Crippen molar-refractivity contribution in [2.24, 2.45) is 10.9 Å². The first-order valence-corrected chi connectivity index (χ1v) is 10.6. The summed E-state index contributed by atoms with van der Waals surface area (Å²) in [5, 5.41) is 4.31. The monoisotopic (exact) mass is 536 g/mol. The maximum Gasteiger partial charge on any atom is 0.193 e. The fraction of sp³-hybridized carbons (Fsp3) is 0.667. The van der Waals surface area contributed by atoms with Gasteiger partial charge in [-0.1, -0.05) is 23.7 Å². The smallest absolute Gasteiger partial charge is 0.193 e. The fourth-order valence-corrected chi connectivity index (χ4v) is 3.57. The van der Waals surface area contributed by atoms with Gasteiger partial charge < -0.3 is 19.7 Å². The highest BCUT2D eigenvalue weighted by atomic mass is 127. The van der Waals surface area contributed by atoms with Crippen molar-refractivity contribution in [1.82, 2.24) is 15.1 Å². The zero-order chi connectivity index (χ0) is 19.8. The van der Waals surface area contributed by atoms with Crippen molar-refractivity contribution < 1.29 is 9.47 Å². The Morgan fingerprint density at radius 1 is 1.31 bits per heavy atom. The minimum atomic E-state index is 0. The fourth-order valence-electron chi connectivity index (χ4n) is 3.45. The van der Waals surface area contributed by atoms with E-state index in [1.165, 1.54) is 18.4 Å². The van der Waals surface area contributed by atoms with Gasteiger partial charge in [0.15, 0.2) is 5.96 Å². The van der Waals surface area contributed by atoms with Gasteiger partial charge in [-0.05, 0) is 36.5 Å². The van der Waals surface area contributed by atoms with Crippen LogP contribution in [0.1, 0.15) is 24.4 Å². The highest BCUT2D eigenvalue weighted by Crippen LogP contribution is 2.28. The Labute approximate surface area is 197 Å². The summed E-state index contributed by atoms with van der Waals surface area (Å²) in [4.78, 5) is 9.04. The third kappa shape index (κ3) is 8.20. The van der Waals surface area contributed by atoms with Crippen molar-refractivity contribution in [1.29, 1.82) is 0 Å². The molecule has 1 saturated heterocycles. The summed E-state index contributed by atoms with van der Waals surface area (Å²) in [6.07, 6.45) is 2.65. The topological polar surface area (TPSA) is 49.3 Å². The van der Waals surface area contributed by atoms with Crippen molar-refractivity contribution in [2.45, 2.75) is 18.9 Å². The predicted octanol–water partition coefficient (Wildman–Crippen LogP) is 3.27. The van der Waals surface area contributed by atoms with Crippen molar-refractivity contribution in [3.63, 3.8) is 0 Å². The lowest BCUT2D eigenvalue weighted by atomic mass is 10.0. The summed E-state index contributed by atoms with van der Waals surface area (Å²) in [5.74, 6) is 1.69. The van der Waals surface area contributed by atoms with Crippen LogP contribution in [0.3, 0.4) is 0 Å². The second-order valence-electron chi connectivity index (χ2n) is 7.58. The van der Waals surface area contributed by atoms with Crippen molar-refractivity contribution >= 4 is 41.5 Å². The van der Waals surface area contributed by atoms with Crippen LogP contribution in [0.25, 0.3) is 0 Å². The van der Waals surface area contributed by atoms with E-state index < -0.39 is 0 Å². The molecule has 6 nitrogen and oxygen atoms in total. The molecule has 1 heterocycles. The number of likely N-dealkylation sites (N-methyl/N-ethyl adjacent to an activating group) is 1. The van der Waals surface area contributed by atoms with Gasteiger partial charge in [-0.2, -0.15) is 0 Å². The lowest BCUT2D eigenvalue weighted by Gasteiger charge is -2.35. The summed E-state index contributed by atoms with van der Waals surface area (Å²) in [5.41, 5.74) is 1.25. The van der Waals surface area contributed by atoms with Gasteiger partial charge in [0.05, 0.1) is 25.9 Å². The van der Waals surface area contributed by atoms with Crippen LogP contribution in [-0.2, 0) is 9.47 Å². The Morgan fingerprint density at radius 3 is 2.62 bits per heavy atom. The molecule has 1 aliphatic carbocycles. The van der Waals surface area contributed by atoms with Gasteiger partial charge in [-0.25, -0.2) is 0 Å². The number of hydrogen-bond donors (Lipinski definition) is 1. The van der Waals surface area contributed by atoms with Gasteiger partial charge in [-0.3, -0.25) is 9.89 Å². The lowest BCUT2D eigenvalue weighted by molar-refractivity contribution is 0.0169. The first kappa shape index (κ1) is 24.7. The molecule has 8 heteroatoms. The normalized spacial score (nSPS) is 18.8. The minimum absolute atomic E-state index is 0. The summed E-state index contributed by atoms with van der Waals surface area (Å²) < 4.78 is 11.3. The molecule has 2 aliphatic rings. The first-order chi connectivity index (χ1) is 13.7. The average Bonchev–Trinajstić information content (AvgIpc) is 3.55. The summed E-state index contributed by atoms with van der Waals surface area (Å²) in [7, 11) is 3.89. The van der Waals surface area contributed by atoms with Crippen molar-refractivity contribution in [3.05, 3.63) is 34.9 Å². The average molecular weight is 537 g/mol. The quantitative estimate of drug-likeness (QED) is 0.227. The maximum atomic E-state index is 6.09. The molecule has 29 heavy (non-hydrogen) atoms. The van der Waals surface area contributed by atoms with Crippen LogP contribution in [0.4, 0.5) is 0 Å². The van der Waals surface area contributed by atoms with Gasteiger partial charge in [0, 0.05) is 51.9 Å². The van der Waals surface area contributed by atoms with Crippen LogP contribution in [0.5, 0.6) is 0 Å². The standard InChI is InChI=1S/C21H33ClN4O2.HI/c1-23-21(25(2)9-12-28-16-17-3-4-17)24-15-20(26-10-13-27-14-11-26)18-5-7-19(22)8-6-18;/h5-8,17,20H,3-4,9-16H2,1-2H3,(H,23,24);1H. The van der Waals surface area contributed by atoms with Crippen LogP contribution in [0, 0.1) is 5.92 Å². The molecule has 3 rings (SSSR count). The molecule has 0 amide bonds. The van der Waals surface area contributed by atoms with E-state index in [-0.39, 0.29) is 30.0 Å². The van der Waals surface area contributed by atoms with Crippen LogP contribution in [0.15, 0.2) is 29.3 Å². The molecule has 1 atom stereocenters. The molecule has 0 radical (unpaired) electrons. The van der Waals surface area contributed by atoms with E-state index in [0.717, 1.165) is 69.5 Å². The molecule has 1 unspecified atom stereocenters. The van der Waals surface area contributed by atoms with Crippen LogP contribution in [-0.4, -0.2) is 82.5 Å². The molecular formula is C21H34ClIN4O2. The number of benzene rings is 1. The van der Waals surface area contributed by atoms with E-state index >= 15 is 0 Å². The number of rotatable bonds is 9. The largest absolute Gasteiger partial charge is 0.379 e. The zero-order valence-electron chi connectivity index (χ0n) is 17.5. The molecule has 1 aliphatic heterocycles. The van der Waals surface area contributed by atoms with Gasteiger partial charge >= 0.3 is 0 Å². The molecule has 164 valence electrons. The van der Waals surface area contributed by atoms with Gasteiger partial charge in [-0.15, -0.1) is 24.0 Å².